The number of aromatic nitrogens is 2. The molecule has 0 aromatic carbocycles. The first-order chi connectivity index (χ1) is 16.0. The molecule has 1 aromatic heterocycles. The minimum atomic E-state index is -0.378. The molecule has 182 valence electrons. The number of aryl methyl sites for hydroxylation is 1. The van der Waals surface area contributed by atoms with E-state index in [2.05, 4.69) is 20.6 Å². The zero-order chi connectivity index (χ0) is 22.6. The molecule has 7 heteroatoms. The zero-order valence-corrected chi connectivity index (χ0v) is 20.2. The summed E-state index contributed by atoms with van der Waals surface area (Å²) < 4.78 is 1.93. The van der Waals surface area contributed by atoms with Gasteiger partial charge in [0.1, 0.15) is 0 Å². The Labute approximate surface area is 197 Å². The standard InChI is InChI=1S/C26H41N5O2/c1-30-22-6-5-20(28-23-18-11-17-12-19(23)16-26(33,14-17)15-18)13-21(22)24(29-30)25(32)27-7-10-31-8-3-2-4-9-31/h17-20,23,28,33H,2-16H2,1H3,(H,27,32). The van der Waals surface area contributed by atoms with Crippen molar-refractivity contribution in [2.75, 3.05) is 26.2 Å². The molecule has 3 N–H and O–H groups in total. The summed E-state index contributed by atoms with van der Waals surface area (Å²) in [5, 5.41) is 22.8. The number of rotatable bonds is 6. The van der Waals surface area contributed by atoms with Crippen LogP contribution in [-0.4, -0.2) is 69.6 Å². The number of carbonyl (C=O) groups is 1. The summed E-state index contributed by atoms with van der Waals surface area (Å²) in [5.74, 6) is 1.96. The normalized spacial score (nSPS) is 37.8. The SMILES string of the molecule is Cn1nc(C(=O)NCCN2CCCCC2)c2c1CCC(NC1C3CC4CC1CC(O)(C4)C3)C2. The van der Waals surface area contributed by atoms with Crippen molar-refractivity contribution in [3.63, 3.8) is 0 Å². The lowest BCUT2D eigenvalue weighted by Crippen LogP contribution is -2.62. The number of aliphatic hydroxyl groups is 1. The number of amides is 1. The molecular formula is C26H41N5O2. The maximum atomic E-state index is 13.1. The van der Waals surface area contributed by atoms with Crippen LogP contribution in [0, 0.1) is 17.8 Å². The van der Waals surface area contributed by atoms with Gasteiger partial charge in [-0.2, -0.15) is 5.10 Å². The van der Waals surface area contributed by atoms with Gasteiger partial charge in [0.25, 0.3) is 5.91 Å². The lowest BCUT2D eigenvalue weighted by atomic mass is 9.52. The first-order valence-electron chi connectivity index (χ1n) is 13.5. The van der Waals surface area contributed by atoms with Crippen LogP contribution in [0.1, 0.15) is 79.5 Å². The Kier molecular flexibility index (Phi) is 5.78. The molecule has 0 spiro atoms. The molecule has 5 aliphatic carbocycles. The second kappa shape index (κ2) is 8.65. The molecule has 4 saturated carbocycles. The van der Waals surface area contributed by atoms with Crippen LogP contribution in [0.15, 0.2) is 0 Å². The van der Waals surface area contributed by atoms with Crippen molar-refractivity contribution in [2.45, 2.75) is 88.3 Å². The summed E-state index contributed by atoms with van der Waals surface area (Å²) in [6.45, 7) is 3.94. The van der Waals surface area contributed by atoms with Crippen molar-refractivity contribution in [3.05, 3.63) is 17.0 Å². The number of fused-ring (bicyclic) bond motifs is 1. The van der Waals surface area contributed by atoms with Crippen LogP contribution < -0.4 is 10.6 Å². The molecule has 3 atom stereocenters. The highest BCUT2D eigenvalue weighted by Crippen LogP contribution is 2.55. The molecule has 1 amide bonds. The number of hydrogen-bond acceptors (Lipinski definition) is 5. The first kappa shape index (κ1) is 22.1. The minimum absolute atomic E-state index is 0.0126. The van der Waals surface area contributed by atoms with Crippen LogP contribution in [-0.2, 0) is 19.9 Å². The largest absolute Gasteiger partial charge is 0.390 e. The van der Waals surface area contributed by atoms with E-state index in [1.165, 1.54) is 37.8 Å². The number of nitrogens with one attached hydrogen (secondary N) is 2. The Morgan fingerprint density at radius 1 is 1.15 bits per heavy atom. The molecule has 1 saturated heterocycles. The zero-order valence-electron chi connectivity index (χ0n) is 20.2. The van der Waals surface area contributed by atoms with Gasteiger partial charge < -0.3 is 20.6 Å². The van der Waals surface area contributed by atoms with E-state index >= 15 is 0 Å². The van der Waals surface area contributed by atoms with Gasteiger partial charge in [-0.15, -0.1) is 0 Å². The monoisotopic (exact) mass is 455 g/mol. The molecule has 5 fully saturated rings. The number of carbonyl (C=O) groups excluding carboxylic acids is 1. The van der Waals surface area contributed by atoms with Crippen molar-refractivity contribution in [1.29, 1.82) is 0 Å². The van der Waals surface area contributed by atoms with E-state index in [4.69, 9.17) is 0 Å². The van der Waals surface area contributed by atoms with Crippen LogP contribution in [0.3, 0.4) is 0 Å². The van der Waals surface area contributed by atoms with Gasteiger partial charge >= 0.3 is 0 Å². The number of nitrogens with zero attached hydrogens (tertiary/aromatic N) is 3. The third-order valence-electron chi connectivity index (χ3n) is 9.50. The van der Waals surface area contributed by atoms with E-state index in [-0.39, 0.29) is 11.5 Å². The predicted octanol–water partition coefficient (Wildman–Crippen LogP) is 2.02. The Morgan fingerprint density at radius 3 is 2.64 bits per heavy atom. The predicted molar refractivity (Wildman–Crippen MR) is 127 cm³/mol. The fourth-order valence-electron chi connectivity index (χ4n) is 8.23. The number of hydrogen-bond donors (Lipinski definition) is 3. The van der Waals surface area contributed by atoms with Crippen LogP contribution >= 0.6 is 0 Å². The van der Waals surface area contributed by atoms with Gasteiger partial charge in [0.2, 0.25) is 0 Å². The summed E-state index contributed by atoms with van der Waals surface area (Å²) >= 11 is 0. The van der Waals surface area contributed by atoms with Crippen molar-refractivity contribution in [3.8, 4) is 0 Å². The first-order valence-corrected chi connectivity index (χ1v) is 13.5. The summed E-state index contributed by atoms with van der Waals surface area (Å²) in [6, 6.07) is 0.936. The van der Waals surface area contributed by atoms with E-state index in [1.54, 1.807) is 0 Å². The van der Waals surface area contributed by atoms with E-state index in [0.717, 1.165) is 69.6 Å². The molecular weight excluding hydrogens is 414 g/mol. The van der Waals surface area contributed by atoms with Gasteiger partial charge in [0.15, 0.2) is 5.69 Å². The van der Waals surface area contributed by atoms with Crippen molar-refractivity contribution >= 4 is 5.91 Å². The summed E-state index contributed by atoms with van der Waals surface area (Å²) in [6.07, 6.45) is 12.4. The molecule has 7 nitrogen and oxygen atoms in total. The van der Waals surface area contributed by atoms with Crippen molar-refractivity contribution < 1.29 is 9.90 Å². The van der Waals surface area contributed by atoms with E-state index in [1.807, 2.05) is 11.7 Å². The average molecular weight is 456 g/mol. The Balaban J connectivity index is 1.09. The minimum Gasteiger partial charge on any atom is -0.390 e. The second-order valence-electron chi connectivity index (χ2n) is 11.9. The van der Waals surface area contributed by atoms with E-state index < -0.39 is 0 Å². The van der Waals surface area contributed by atoms with Crippen LogP contribution in [0.2, 0.25) is 0 Å². The molecule has 0 radical (unpaired) electrons. The third kappa shape index (κ3) is 4.25. The van der Waals surface area contributed by atoms with Crippen LogP contribution in [0.5, 0.6) is 0 Å². The Morgan fingerprint density at radius 2 is 1.91 bits per heavy atom. The third-order valence-corrected chi connectivity index (χ3v) is 9.50. The molecule has 2 heterocycles. The topological polar surface area (TPSA) is 82.4 Å². The highest BCUT2D eigenvalue weighted by Gasteiger charge is 2.55. The molecule has 33 heavy (non-hydrogen) atoms. The summed E-state index contributed by atoms with van der Waals surface area (Å²) in [4.78, 5) is 15.5. The lowest BCUT2D eigenvalue weighted by Gasteiger charge is -2.58. The smallest absolute Gasteiger partial charge is 0.272 e. The fraction of sp³-hybridized carbons (Fsp3) is 0.846. The quantitative estimate of drug-likeness (QED) is 0.611. The number of likely N-dealkylation sites (tertiary alicyclic amines) is 1. The molecule has 7 rings (SSSR count). The van der Waals surface area contributed by atoms with Gasteiger partial charge in [0, 0.05) is 43.5 Å². The molecule has 6 aliphatic rings. The van der Waals surface area contributed by atoms with E-state index in [0.29, 0.717) is 36.2 Å². The summed E-state index contributed by atoms with van der Waals surface area (Å²) in [7, 11) is 1.98. The fourth-order valence-corrected chi connectivity index (χ4v) is 8.23. The summed E-state index contributed by atoms with van der Waals surface area (Å²) in [5.41, 5.74) is 2.64. The van der Waals surface area contributed by atoms with Crippen LogP contribution in [0.4, 0.5) is 0 Å². The van der Waals surface area contributed by atoms with Gasteiger partial charge in [-0.3, -0.25) is 9.48 Å². The highest BCUT2D eigenvalue weighted by atomic mass is 16.3. The molecule has 1 aliphatic heterocycles. The number of piperidine rings is 1. The Hall–Kier alpha value is -1.44. The van der Waals surface area contributed by atoms with E-state index in [9.17, 15) is 9.90 Å². The Bertz CT molecular complexity index is 875. The maximum absolute atomic E-state index is 13.1. The second-order valence-corrected chi connectivity index (χ2v) is 11.9. The van der Waals surface area contributed by atoms with Gasteiger partial charge in [0.05, 0.1) is 5.60 Å². The molecule has 4 bridgehead atoms. The van der Waals surface area contributed by atoms with Gasteiger partial charge in [-0.1, -0.05) is 6.42 Å². The lowest BCUT2D eigenvalue weighted by molar-refractivity contribution is -0.140. The van der Waals surface area contributed by atoms with Gasteiger partial charge in [-0.25, -0.2) is 0 Å². The maximum Gasteiger partial charge on any atom is 0.272 e. The molecule has 3 unspecified atom stereocenters. The van der Waals surface area contributed by atoms with Crippen molar-refractivity contribution in [2.24, 2.45) is 24.8 Å². The van der Waals surface area contributed by atoms with Crippen LogP contribution in [0.25, 0.3) is 0 Å². The molecule has 1 aromatic rings. The average Bonchev–Trinajstić information content (AvgIpc) is 3.12. The van der Waals surface area contributed by atoms with Gasteiger partial charge in [-0.05, 0) is 95.1 Å². The van der Waals surface area contributed by atoms with Crippen molar-refractivity contribution in [1.82, 2.24) is 25.3 Å². The highest BCUT2D eigenvalue weighted by molar-refractivity contribution is 5.94.